The van der Waals surface area contributed by atoms with Crippen LogP contribution in [-0.2, 0) is 9.53 Å². The topological polar surface area (TPSA) is 58.6 Å². The first kappa shape index (κ1) is 12.6. The first-order valence-corrected chi connectivity index (χ1v) is 6.40. The summed E-state index contributed by atoms with van der Waals surface area (Å²) in [5, 5.41) is 2.81. The van der Waals surface area contributed by atoms with Crippen molar-refractivity contribution in [2.24, 2.45) is 5.92 Å². The maximum atomic E-state index is 12.3. The molecule has 0 radical (unpaired) electrons. The molecule has 2 rings (SSSR count). The molecule has 5 nitrogen and oxygen atoms in total. The standard InChI is InChI=1S/C11H17ClN2O3/c1-8(6-12)7-14-9(15)11(13-10(14)16)2-4-17-5-3-11/h8H,2-7H2,1H3,(H,13,16). The number of urea groups is 1. The van der Waals surface area contributed by atoms with Crippen molar-refractivity contribution in [3.8, 4) is 0 Å². The van der Waals surface area contributed by atoms with Crippen LogP contribution in [0.2, 0.25) is 0 Å². The smallest absolute Gasteiger partial charge is 0.325 e. The number of imide groups is 1. The first-order valence-electron chi connectivity index (χ1n) is 5.87. The minimum atomic E-state index is -0.721. The van der Waals surface area contributed by atoms with Crippen molar-refractivity contribution in [1.82, 2.24) is 10.2 Å². The van der Waals surface area contributed by atoms with Crippen LogP contribution in [0.3, 0.4) is 0 Å². The van der Waals surface area contributed by atoms with E-state index in [9.17, 15) is 9.59 Å². The fourth-order valence-electron chi connectivity index (χ4n) is 2.26. The van der Waals surface area contributed by atoms with Gasteiger partial charge in [-0.05, 0) is 5.92 Å². The Morgan fingerprint density at radius 2 is 2.12 bits per heavy atom. The summed E-state index contributed by atoms with van der Waals surface area (Å²) in [5.74, 6) is 0.428. The Balaban J connectivity index is 2.10. The van der Waals surface area contributed by atoms with Gasteiger partial charge in [0.15, 0.2) is 0 Å². The second-order valence-corrected chi connectivity index (χ2v) is 5.11. The predicted octanol–water partition coefficient (Wildman–Crippen LogP) is 0.962. The van der Waals surface area contributed by atoms with Crippen LogP contribution in [0.15, 0.2) is 0 Å². The summed E-state index contributed by atoms with van der Waals surface area (Å²) in [6.07, 6.45) is 1.12. The van der Waals surface area contributed by atoms with E-state index < -0.39 is 5.54 Å². The lowest BCUT2D eigenvalue weighted by molar-refractivity contribution is -0.134. The number of nitrogens with zero attached hydrogens (tertiary/aromatic N) is 1. The maximum absolute atomic E-state index is 12.3. The van der Waals surface area contributed by atoms with Crippen LogP contribution in [0, 0.1) is 5.92 Å². The normalized spacial score (nSPS) is 25.2. The summed E-state index contributed by atoms with van der Waals surface area (Å²) < 4.78 is 5.23. The second-order valence-electron chi connectivity index (χ2n) is 4.80. The SMILES string of the molecule is CC(CCl)CN1C(=O)NC2(CCOCC2)C1=O. The third kappa shape index (κ3) is 2.26. The molecule has 2 saturated heterocycles. The Morgan fingerprint density at radius 1 is 1.47 bits per heavy atom. The number of hydrogen-bond acceptors (Lipinski definition) is 3. The Hall–Kier alpha value is -0.810. The lowest BCUT2D eigenvalue weighted by Crippen LogP contribution is -2.51. The van der Waals surface area contributed by atoms with Crippen molar-refractivity contribution in [2.75, 3.05) is 25.6 Å². The highest BCUT2D eigenvalue weighted by atomic mass is 35.5. The van der Waals surface area contributed by atoms with Gasteiger partial charge >= 0.3 is 6.03 Å². The summed E-state index contributed by atoms with van der Waals surface area (Å²) in [6, 6.07) is -0.297. The molecule has 0 bridgehead atoms. The van der Waals surface area contributed by atoms with Gasteiger partial charge < -0.3 is 10.1 Å². The molecule has 2 fully saturated rings. The van der Waals surface area contributed by atoms with Crippen molar-refractivity contribution < 1.29 is 14.3 Å². The molecule has 0 aromatic carbocycles. The Kier molecular flexibility index (Phi) is 3.58. The van der Waals surface area contributed by atoms with Crippen molar-refractivity contribution in [3.05, 3.63) is 0 Å². The monoisotopic (exact) mass is 260 g/mol. The molecule has 0 aromatic rings. The molecule has 0 aliphatic carbocycles. The van der Waals surface area contributed by atoms with Gasteiger partial charge in [-0.15, -0.1) is 11.6 Å². The van der Waals surface area contributed by atoms with Crippen molar-refractivity contribution in [1.29, 1.82) is 0 Å². The maximum Gasteiger partial charge on any atom is 0.325 e. The third-order valence-corrected chi connectivity index (χ3v) is 3.88. The number of alkyl halides is 1. The van der Waals surface area contributed by atoms with Crippen LogP contribution in [0.25, 0.3) is 0 Å². The average Bonchev–Trinajstić information content (AvgIpc) is 2.55. The van der Waals surface area contributed by atoms with Gasteiger partial charge in [0.1, 0.15) is 5.54 Å². The molecule has 3 amide bonds. The van der Waals surface area contributed by atoms with E-state index in [1.54, 1.807) is 0 Å². The van der Waals surface area contributed by atoms with Crippen LogP contribution >= 0.6 is 11.6 Å². The third-order valence-electron chi connectivity index (χ3n) is 3.35. The number of carbonyl (C=O) groups excluding carboxylic acids is 2. The van der Waals surface area contributed by atoms with Gasteiger partial charge in [0.25, 0.3) is 5.91 Å². The Morgan fingerprint density at radius 3 is 2.71 bits per heavy atom. The fourth-order valence-corrected chi connectivity index (χ4v) is 2.36. The van der Waals surface area contributed by atoms with Crippen LogP contribution < -0.4 is 5.32 Å². The number of amides is 3. The summed E-state index contributed by atoms with van der Waals surface area (Å²) in [4.78, 5) is 25.4. The van der Waals surface area contributed by atoms with E-state index in [2.05, 4.69) is 5.32 Å². The van der Waals surface area contributed by atoms with Gasteiger partial charge in [-0.25, -0.2) is 4.79 Å². The van der Waals surface area contributed by atoms with Crippen LogP contribution in [-0.4, -0.2) is 48.0 Å². The van der Waals surface area contributed by atoms with Gasteiger partial charge in [0, 0.05) is 38.5 Å². The predicted molar refractivity (Wildman–Crippen MR) is 62.9 cm³/mol. The highest BCUT2D eigenvalue weighted by Gasteiger charge is 2.51. The zero-order chi connectivity index (χ0) is 12.5. The molecule has 1 unspecified atom stereocenters. The number of hydrogen-bond donors (Lipinski definition) is 1. The van der Waals surface area contributed by atoms with Crippen molar-refractivity contribution in [2.45, 2.75) is 25.3 Å². The zero-order valence-electron chi connectivity index (χ0n) is 9.87. The van der Waals surface area contributed by atoms with Gasteiger partial charge in [-0.2, -0.15) is 0 Å². The van der Waals surface area contributed by atoms with E-state index in [1.165, 1.54) is 4.90 Å². The minimum absolute atomic E-state index is 0.112. The van der Waals surface area contributed by atoms with Crippen molar-refractivity contribution in [3.63, 3.8) is 0 Å². The summed E-state index contributed by atoms with van der Waals surface area (Å²) in [7, 11) is 0. The van der Waals surface area contributed by atoms with E-state index in [1.807, 2.05) is 6.92 Å². The molecule has 0 saturated carbocycles. The molecule has 96 valence electrons. The molecule has 6 heteroatoms. The Labute approximate surface area is 105 Å². The van der Waals surface area contributed by atoms with E-state index in [0.717, 1.165) is 0 Å². The van der Waals surface area contributed by atoms with Crippen molar-refractivity contribution >= 4 is 23.5 Å². The second kappa shape index (κ2) is 4.82. The fraction of sp³-hybridized carbons (Fsp3) is 0.818. The molecule has 2 aliphatic heterocycles. The lowest BCUT2D eigenvalue weighted by Gasteiger charge is -2.30. The van der Waals surface area contributed by atoms with Gasteiger partial charge in [0.2, 0.25) is 0 Å². The molecule has 1 N–H and O–H groups in total. The number of ether oxygens (including phenoxy) is 1. The first-order chi connectivity index (χ1) is 8.09. The molecule has 0 aromatic heterocycles. The number of carbonyl (C=O) groups is 2. The molecule has 1 atom stereocenters. The minimum Gasteiger partial charge on any atom is -0.381 e. The number of rotatable bonds is 3. The van der Waals surface area contributed by atoms with Gasteiger partial charge in [-0.1, -0.05) is 6.92 Å². The highest BCUT2D eigenvalue weighted by Crippen LogP contribution is 2.28. The molecule has 2 aliphatic rings. The van der Waals surface area contributed by atoms with Crippen LogP contribution in [0.1, 0.15) is 19.8 Å². The quantitative estimate of drug-likeness (QED) is 0.608. The summed E-state index contributed by atoms with van der Waals surface area (Å²) >= 11 is 5.71. The lowest BCUT2D eigenvalue weighted by atomic mass is 9.90. The highest BCUT2D eigenvalue weighted by molar-refractivity contribution is 6.18. The molecule has 2 heterocycles. The van der Waals surface area contributed by atoms with Gasteiger partial charge in [0.05, 0.1) is 0 Å². The van der Waals surface area contributed by atoms with E-state index >= 15 is 0 Å². The Bertz CT molecular complexity index is 329. The van der Waals surface area contributed by atoms with E-state index in [-0.39, 0.29) is 17.9 Å². The largest absolute Gasteiger partial charge is 0.381 e. The van der Waals surface area contributed by atoms with E-state index in [4.69, 9.17) is 16.3 Å². The summed E-state index contributed by atoms with van der Waals surface area (Å²) in [5.41, 5.74) is -0.721. The molecule has 1 spiro atoms. The van der Waals surface area contributed by atoms with E-state index in [0.29, 0.717) is 38.5 Å². The summed E-state index contributed by atoms with van der Waals surface area (Å²) in [6.45, 7) is 3.34. The molecular weight excluding hydrogens is 244 g/mol. The number of nitrogens with one attached hydrogen (secondary N) is 1. The zero-order valence-corrected chi connectivity index (χ0v) is 10.6. The molecule has 17 heavy (non-hydrogen) atoms. The number of halogens is 1. The van der Waals surface area contributed by atoms with Crippen LogP contribution in [0.5, 0.6) is 0 Å². The average molecular weight is 261 g/mol. The van der Waals surface area contributed by atoms with Crippen LogP contribution in [0.4, 0.5) is 4.79 Å². The molecular formula is C11H17ClN2O3. The van der Waals surface area contributed by atoms with Gasteiger partial charge in [-0.3, -0.25) is 9.69 Å².